The molecule has 2 aromatic carbocycles. The summed E-state index contributed by atoms with van der Waals surface area (Å²) in [5.74, 6) is -0.467. The lowest BCUT2D eigenvalue weighted by Crippen LogP contribution is -2.29. The molecular weight excluding hydrogens is 376 g/mol. The molecule has 1 amide bonds. The number of aromatic nitrogens is 2. The van der Waals surface area contributed by atoms with Crippen molar-refractivity contribution in [2.75, 3.05) is 0 Å². The maximum Gasteiger partial charge on any atom is 0.292 e. The predicted octanol–water partition coefficient (Wildman–Crippen LogP) is 4.00. The Hall–Kier alpha value is -2.99. The zero-order valence-corrected chi connectivity index (χ0v) is 16.3. The van der Waals surface area contributed by atoms with Gasteiger partial charge in [-0.15, -0.1) is 0 Å². The Morgan fingerprint density at radius 2 is 1.86 bits per heavy atom. The molecule has 0 aliphatic heterocycles. The van der Waals surface area contributed by atoms with Gasteiger partial charge in [-0.2, -0.15) is 10.2 Å². The van der Waals surface area contributed by atoms with Gasteiger partial charge in [0, 0.05) is 17.0 Å². The maximum absolute atomic E-state index is 12.7. The quantitative estimate of drug-likeness (QED) is 0.372. The second-order valence-electron chi connectivity index (χ2n) is 6.38. The zero-order valence-electron chi connectivity index (χ0n) is 15.6. The van der Waals surface area contributed by atoms with Crippen LogP contribution in [0.5, 0.6) is 0 Å². The second-order valence-corrected chi connectivity index (χ2v) is 6.82. The van der Waals surface area contributed by atoms with Crippen molar-refractivity contribution in [3.63, 3.8) is 0 Å². The molecule has 0 spiro atoms. The minimum Gasteiger partial charge on any atom is -0.267 e. The first kappa shape index (κ1) is 19.8. The SMILES string of the molecule is CCCCCn1nc(C(=O)N/N=C\c2ccc(Cl)cc2)c2ccccc2c1=O. The number of benzene rings is 2. The van der Waals surface area contributed by atoms with Crippen LogP contribution in [-0.4, -0.2) is 21.9 Å². The summed E-state index contributed by atoms with van der Waals surface area (Å²) in [5.41, 5.74) is 3.28. The summed E-state index contributed by atoms with van der Waals surface area (Å²) >= 11 is 5.85. The van der Waals surface area contributed by atoms with Gasteiger partial charge < -0.3 is 0 Å². The fourth-order valence-corrected chi connectivity index (χ4v) is 2.96. The highest BCUT2D eigenvalue weighted by Crippen LogP contribution is 2.14. The molecule has 0 bridgehead atoms. The summed E-state index contributed by atoms with van der Waals surface area (Å²) in [5, 5.41) is 9.91. The van der Waals surface area contributed by atoms with Crippen LogP contribution < -0.4 is 11.0 Å². The van der Waals surface area contributed by atoms with Crippen molar-refractivity contribution in [3.8, 4) is 0 Å². The highest BCUT2D eigenvalue weighted by Gasteiger charge is 2.16. The summed E-state index contributed by atoms with van der Waals surface area (Å²) in [6, 6.07) is 14.1. The van der Waals surface area contributed by atoms with Gasteiger partial charge in [-0.05, 0) is 30.2 Å². The van der Waals surface area contributed by atoms with Crippen molar-refractivity contribution < 1.29 is 4.79 Å². The predicted molar refractivity (Wildman–Crippen MR) is 112 cm³/mol. The van der Waals surface area contributed by atoms with Gasteiger partial charge in [0.25, 0.3) is 11.5 Å². The largest absolute Gasteiger partial charge is 0.292 e. The van der Waals surface area contributed by atoms with E-state index in [0.29, 0.717) is 22.3 Å². The van der Waals surface area contributed by atoms with Crippen LogP contribution in [0.4, 0.5) is 0 Å². The Morgan fingerprint density at radius 3 is 2.57 bits per heavy atom. The van der Waals surface area contributed by atoms with E-state index in [0.717, 1.165) is 24.8 Å². The van der Waals surface area contributed by atoms with Crippen LogP contribution in [0, 0.1) is 0 Å². The Bertz CT molecular complexity index is 1060. The summed E-state index contributed by atoms with van der Waals surface area (Å²) in [4.78, 5) is 25.3. The molecule has 0 saturated heterocycles. The summed E-state index contributed by atoms with van der Waals surface area (Å²) in [6.07, 6.45) is 4.38. The zero-order chi connectivity index (χ0) is 19.9. The lowest BCUT2D eigenvalue weighted by atomic mass is 10.1. The van der Waals surface area contributed by atoms with E-state index in [-0.39, 0.29) is 11.3 Å². The number of halogens is 1. The number of fused-ring (bicyclic) bond motifs is 1. The number of rotatable bonds is 7. The first-order valence-corrected chi connectivity index (χ1v) is 9.56. The summed E-state index contributed by atoms with van der Waals surface area (Å²) in [7, 11) is 0. The van der Waals surface area contributed by atoms with Gasteiger partial charge in [0.05, 0.1) is 11.6 Å². The van der Waals surface area contributed by atoms with Crippen molar-refractivity contribution in [2.24, 2.45) is 5.10 Å². The highest BCUT2D eigenvalue weighted by molar-refractivity contribution is 6.30. The second kappa shape index (κ2) is 9.28. The minimum absolute atomic E-state index is 0.181. The van der Waals surface area contributed by atoms with Gasteiger partial charge >= 0.3 is 0 Å². The van der Waals surface area contributed by atoms with Gasteiger partial charge in [0.1, 0.15) is 0 Å². The number of hydrazone groups is 1. The number of carbonyl (C=O) groups excluding carboxylic acids is 1. The van der Waals surface area contributed by atoms with Gasteiger partial charge in [-0.25, -0.2) is 10.1 Å². The van der Waals surface area contributed by atoms with Crippen LogP contribution in [0.2, 0.25) is 5.02 Å². The van der Waals surface area contributed by atoms with E-state index in [4.69, 9.17) is 11.6 Å². The van der Waals surface area contributed by atoms with Crippen molar-refractivity contribution in [3.05, 3.63) is 75.2 Å². The third kappa shape index (κ3) is 4.64. The lowest BCUT2D eigenvalue weighted by molar-refractivity contribution is 0.0949. The molecule has 3 rings (SSSR count). The summed E-state index contributed by atoms with van der Waals surface area (Å²) in [6.45, 7) is 2.57. The number of hydrogen-bond acceptors (Lipinski definition) is 4. The molecule has 1 N–H and O–H groups in total. The summed E-state index contributed by atoms with van der Waals surface area (Å²) < 4.78 is 1.37. The van der Waals surface area contributed by atoms with Crippen LogP contribution in [0.15, 0.2) is 58.4 Å². The van der Waals surface area contributed by atoms with Gasteiger partial charge in [-0.3, -0.25) is 9.59 Å². The van der Waals surface area contributed by atoms with E-state index in [1.165, 1.54) is 10.9 Å². The molecule has 0 aliphatic rings. The van der Waals surface area contributed by atoms with Crippen molar-refractivity contribution in [2.45, 2.75) is 32.7 Å². The number of nitrogens with zero attached hydrogens (tertiary/aromatic N) is 3. The van der Waals surface area contributed by atoms with E-state index in [1.807, 2.05) is 0 Å². The molecule has 1 aromatic heterocycles. The monoisotopic (exact) mass is 396 g/mol. The Labute approximate surface area is 167 Å². The van der Waals surface area contributed by atoms with Gasteiger partial charge in [-0.1, -0.05) is 61.7 Å². The fourth-order valence-electron chi connectivity index (χ4n) is 2.83. The molecule has 28 heavy (non-hydrogen) atoms. The third-order valence-electron chi connectivity index (χ3n) is 4.31. The lowest BCUT2D eigenvalue weighted by Gasteiger charge is -2.10. The van der Waals surface area contributed by atoms with Gasteiger partial charge in [0.2, 0.25) is 0 Å². The smallest absolute Gasteiger partial charge is 0.267 e. The van der Waals surface area contributed by atoms with E-state index in [2.05, 4.69) is 22.5 Å². The average molecular weight is 397 g/mol. The maximum atomic E-state index is 12.7. The fraction of sp³-hybridized carbons (Fsp3) is 0.238. The average Bonchev–Trinajstić information content (AvgIpc) is 2.71. The number of aryl methyl sites for hydroxylation is 1. The topological polar surface area (TPSA) is 76.3 Å². The molecule has 0 aliphatic carbocycles. The van der Waals surface area contributed by atoms with Crippen molar-refractivity contribution in [1.82, 2.24) is 15.2 Å². The highest BCUT2D eigenvalue weighted by atomic mass is 35.5. The van der Waals surface area contributed by atoms with Crippen LogP contribution >= 0.6 is 11.6 Å². The number of carbonyl (C=O) groups is 1. The molecule has 0 atom stereocenters. The van der Waals surface area contributed by atoms with E-state index in [1.54, 1.807) is 48.5 Å². The molecule has 3 aromatic rings. The number of amides is 1. The molecule has 0 saturated carbocycles. The Balaban J connectivity index is 1.87. The molecule has 0 radical (unpaired) electrons. The molecule has 7 heteroatoms. The van der Waals surface area contributed by atoms with Crippen LogP contribution in [0.25, 0.3) is 10.8 Å². The van der Waals surface area contributed by atoms with Gasteiger partial charge in [0.15, 0.2) is 5.69 Å². The molecule has 1 heterocycles. The first-order valence-electron chi connectivity index (χ1n) is 9.19. The molecule has 144 valence electrons. The minimum atomic E-state index is -0.467. The Kier molecular flexibility index (Phi) is 6.55. The molecular formula is C21H21ClN4O2. The van der Waals surface area contributed by atoms with E-state index < -0.39 is 5.91 Å². The van der Waals surface area contributed by atoms with Crippen LogP contribution in [0.3, 0.4) is 0 Å². The van der Waals surface area contributed by atoms with E-state index >= 15 is 0 Å². The normalized spacial score (nSPS) is 11.2. The standard InChI is InChI=1S/C21H21ClN4O2/c1-2-3-6-13-26-21(28)18-8-5-4-7-17(18)19(25-26)20(27)24-23-14-15-9-11-16(22)12-10-15/h4-5,7-12,14H,2-3,6,13H2,1H3,(H,24,27)/b23-14-. The van der Waals surface area contributed by atoms with Crippen molar-refractivity contribution in [1.29, 1.82) is 0 Å². The molecule has 0 unspecified atom stereocenters. The van der Waals surface area contributed by atoms with Crippen LogP contribution in [0.1, 0.15) is 42.2 Å². The Morgan fingerprint density at radius 1 is 1.14 bits per heavy atom. The van der Waals surface area contributed by atoms with Crippen molar-refractivity contribution >= 4 is 34.5 Å². The molecule has 6 nitrogen and oxygen atoms in total. The molecule has 0 fully saturated rings. The van der Waals surface area contributed by atoms with E-state index in [9.17, 15) is 9.59 Å². The third-order valence-corrected chi connectivity index (χ3v) is 4.56. The number of hydrogen-bond donors (Lipinski definition) is 1. The van der Waals surface area contributed by atoms with Crippen LogP contribution in [-0.2, 0) is 6.54 Å². The number of unbranched alkanes of at least 4 members (excludes halogenated alkanes) is 2. The first-order chi connectivity index (χ1) is 13.6. The number of nitrogens with one attached hydrogen (secondary N) is 1.